The van der Waals surface area contributed by atoms with Crippen LogP contribution in [0, 0.1) is 0 Å². The fourth-order valence-corrected chi connectivity index (χ4v) is 3.97. The fraction of sp³-hybridized carbons (Fsp3) is 0.579. The van der Waals surface area contributed by atoms with Crippen LogP contribution in [-0.2, 0) is 23.6 Å². The molecular formula is C19H25N5O4. The molecule has 2 saturated heterocycles. The molecule has 2 aliphatic rings. The first-order valence-electron chi connectivity index (χ1n) is 9.60. The van der Waals surface area contributed by atoms with E-state index >= 15 is 0 Å². The number of carbonyl (C=O) groups is 1. The van der Waals surface area contributed by atoms with E-state index in [9.17, 15) is 14.4 Å². The van der Waals surface area contributed by atoms with Crippen LogP contribution < -0.4 is 11.2 Å². The topological polar surface area (TPSA) is 89.7 Å². The minimum atomic E-state index is -0.393. The average Bonchev–Trinajstić information content (AvgIpc) is 3.21. The maximum absolute atomic E-state index is 12.6. The van der Waals surface area contributed by atoms with Crippen molar-refractivity contribution >= 4 is 16.9 Å². The fourth-order valence-electron chi connectivity index (χ4n) is 3.97. The molecular weight excluding hydrogens is 362 g/mol. The largest absolute Gasteiger partial charge is 0.379 e. The van der Waals surface area contributed by atoms with E-state index in [-0.39, 0.29) is 17.4 Å². The van der Waals surface area contributed by atoms with Crippen molar-refractivity contribution in [1.29, 1.82) is 0 Å². The summed E-state index contributed by atoms with van der Waals surface area (Å²) in [6.07, 6.45) is 0.826. The molecule has 0 spiro atoms. The van der Waals surface area contributed by atoms with Crippen LogP contribution in [0.15, 0.2) is 21.7 Å². The van der Waals surface area contributed by atoms with Gasteiger partial charge in [-0.3, -0.25) is 23.6 Å². The van der Waals surface area contributed by atoms with E-state index in [1.54, 1.807) is 13.1 Å². The standard InChI is InChI=1S/C19H25N5O4/c1-21-17-14(18(26)22(2)19(21)27)3-4-15(20-17)13-5-6-24(11-13)16(25)12-23-7-9-28-10-8-23/h3-4,13H,5-12H2,1-2H3/t13-/m0/s1. The quantitative estimate of drug-likeness (QED) is 0.691. The van der Waals surface area contributed by atoms with E-state index in [1.807, 2.05) is 11.0 Å². The van der Waals surface area contributed by atoms with Crippen LogP contribution >= 0.6 is 0 Å². The van der Waals surface area contributed by atoms with Gasteiger partial charge in [-0.05, 0) is 18.6 Å². The van der Waals surface area contributed by atoms with Crippen molar-refractivity contribution in [2.45, 2.75) is 12.3 Å². The number of morpholine rings is 1. The lowest BCUT2D eigenvalue weighted by Crippen LogP contribution is -2.44. The van der Waals surface area contributed by atoms with Gasteiger partial charge < -0.3 is 9.64 Å². The molecule has 2 aliphatic heterocycles. The summed E-state index contributed by atoms with van der Waals surface area (Å²) in [5.41, 5.74) is 0.475. The number of hydrogen-bond acceptors (Lipinski definition) is 6. The number of likely N-dealkylation sites (tertiary alicyclic amines) is 1. The van der Waals surface area contributed by atoms with Crippen LogP contribution in [0.4, 0.5) is 0 Å². The van der Waals surface area contributed by atoms with Gasteiger partial charge in [0.1, 0.15) is 5.65 Å². The zero-order valence-electron chi connectivity index (χ0n) is 16.3. The molecule has 2 aromatic heterocycles. The molecule has 4 rings (SSSR count). The van der Waals surface area contributed by atoms with Gasteiger partial charge in [-0.2, -0.15) is 0 Å². The second kappa shape index (κ2) is 7.48. The number of aryl methyl sites for hydroxylation is 1. The summed E-state index contributed by atoms with van der Waals surface area (Å²) >= 11 is 0. The molecule has 0 unspecified atom stereocenters. The Balaban J connectivity index is 1.52. The minimum Gasteiger partial charge on any atom is -0.379 e. The number of ether oxygens (including phenoxy) is 1. The van der Waals surface area contributed by atoms with Gasteiger partial charge in [-0.25, -0.2) is 9.78 Å². The Morgan fingerprint density at radius 2 is 1.89 bits per heavy atom. The van der Waals surface area contributed by atoms with Crippen molar-refractivity contribution in [3.63, 3.8) is 0 Å². The molecule has 9 nitrogen and oxygen atoms in total. The molecule has 150 valence electrons. The lowest BCUT2D eigenvalue weighted by Gasteiger charge is -2.28. The molecule has 28 heavy (non-hydrogen) atoms. The van der Waals surface area contributed by atoms with Crippen LogP contribution in [0.2, 0.25) is 0 Å². The van der Waals surface area contributed by atoms with Gasteiger partial charge in [0.25, 0.3) is 5.56 Å². The Labute approximate surface area is 162 Å². The second-order valence-corrected chi connectivity index (χ2v) is 7.53. The van der Waals surface area contributed by atoms with E-state index in [1.165, 1.54) is 11.6 Å². The van der Waals surface area contributed by atoms with Crippen molar-refractivity contribution in [3.8, 4) is 0 Å². The monoisotopic (exact) mass is 387 g/mol. The Morgan fingerprint density at radius 3 is 2.64 bits per heavy atom. The third kappa shape index (κ3) is 3.35. The lowest BCUT2D eigenvalue weighted by molar-refractivity contribution is -0.132. The second-order valence-electron chi connectivity index (χ2n) is 7.53. The predicted octanol–water partition coefficient (Wildman–Crippen LogP) is -0.720. The maximum Gasteiger partial charge on any atom is 0.332 e. The number of amides is 1. The highest BCUT2D eigenvalue weighted by Gasteiger charge is 2.29. The Kier molecular flexibility index (Phi) is 5.03. The van der Waals surface area contributed by atoms with Gasteiger partial charge in [0.2, 0.25) is 5.91 Å². The summed E-state index contributed by atoms with van der Waals surface area (Å²) in [5.74, 6) is 0.239. The Hall–Kier alpha value is -2.52. The van der Waals surface area contributed by atoms with Crippen molar-refractivity contribution < 1.29 is 9.53 Å². The first-order valence-corrected chi connectivity index (χ1v) is 9.60. The molecule has 9 heteroatoms. The van der Waals surface area contributed by atoms with Crippen molar-refractivity contribution in [1.82, 2.24) is 23.9 Å². The number of pyridine rings is 1. The summed E-state index contributed by atoms with van der Waals surface area (Å²) < 4.78 is 7.82. The molecule has 0 aromatic carbocycles. The van der Waals surface area contributed by atoms with E-state index in [0.717, 1.165) is 29.8 Å². The van der Waals surface area contributed by atoms with Gasteiger partial charge in [0.05, 0.1) is 25.1 Å². The van der Waals surface area contributed by atoms with E-state index in [2.05, 4.69) is 9.88 Å². The van der Waals surface area contributed by atoms with Crippen molar-refractivity contribution in [3.05, 3.63) is 38.7 Å². The number of aromatic nitrogens is 3. The van der Waals surface area contributed by atoms with Crippen molar-refractivity contribution in [2.75, 3.05) is 45.9 Å². The smallest absolute Gasteiger partial charge is 0.332 e. The molecule has 0 N–H and O–H groups in total. The summed E-state index contributed by atoms with van der Waals surface area (Å²) in [4.78, 5) is 45.7. The van der Waals surface area contributed by atoms with Gasteiger partial charge in [-0.1, -0.05) is 0 Å². The molecule has 0 bridgehead atoms. The van der Waals surface area contributed by atoms with Crippen LogP contribution in [0.25, 0.3) is 11.0 Å². The highest BCUT2D eigenvalue weighted by molar-refractivity contribution is 5.79. The number of hydrogen-bond donors (Lipinski definition) is 0. The van der Waals surface area contributed by atoms with Gasteiger partial charge >= 0.3 is 5.69 Å². The Bertz CT molecular complexity index is 1020. The van der Waals surface area contributed by atoms with Crippen molar-refractivity contribution in [2.24, 2.45) is 14.1 Å². The molecule has 0 saturated carbocycles. The molecule has 4 heterocycles. The normalized spacial score (nSPS) is 20.8. The third-order valence-corrected chi connectivity index (χ3v) is 5.75. The third-order valence-electron chi connectivity index (χ3n) is 5.75. The maximum atomic E-state index is 12.6. The molecule has 0 radical (unpaired) electrons. The first kappa shape index (κ1) is 18.8. The van der Waals surface area contributed by atoms with Crippen LogP contribution in [0.5, 0.6) is 0 Å². The molecule has 1 amide bonds. The number of rotatable bonds is 3. The summed E-state index contributed by atoms with van der Waals surface area (Å²) in [6.45, 7) is 4.66. The number of fused-ring (bicyclic) bond motifs is 1. The van der Waals surface area contributed by atoms with E-state index in [4.69, 9.17) is 4.74 Å². The molecule has 1 atom stereocenters. The molecule has 2 fully saturated rings. The Morgan fingerprint density at radius 1 is 1.14 bits per heavy atom. The number of nitrogens with zero attached hydrogens (tertiary/aromatic N) is 5. The summed E-state index contributed by atoms with van der Waals surface area (Å²) in [5, 5.41) is 0.423. The summed E-state index contributed by atoms with van der Waals surface area (Å²) in [7, 11) is 3.08. The molecule has 2 aromatic rings. The van der Waals surface area contributed by atoms with Gasteiger partial charge in [0.15, 0.2) is 0 Å². The number of carbonyl (C=O) groups excluding carboxylic acids is 1. The minimum absolute atomic E-state index is 0.109. The SMILES string of the molecule is Cn1c(=O)c2ccc([C@H]3CCN(C(=O)CN4CCOCC4)C3)nc2n(C)c1=O. The predicted molar refractivity (Wildman–Crippen MR) is 103 cm³/mol. The summed E-state index contributed by atoms with van der Waals surface area (Å²) in [6, 6.07) is 3.58. The van der Waals surface area contributed by atoms with Gasteiger partial charge in [0, 0.05) is 51.9 Å². The van der Waals surface area contributed by atoms with Crippen LogP contribution in [0.3, 0.4) is 0 Å². The van der Waals surface area contributed by atoms with Crippen LogP contribution in [-0.4, -0.2) is 75.8 Å². The molecule has 0 aliphatic carbocycles. The first-order chi connectivity index (χ1) is 13.5. The van der Waals surface area contributed by atoms with E-state index < -0.39 is 5.69 Å². The zero-order valence-corrected chi connectivity index (χ0v) is 16.3. The van der Waals surface area contributed by atoms with Gasteiger partial charge in [-0.15, -0.1) is 0 Å². The van der Waals surface area contributed by atoms with Crippen LogP contribution in [0.1, 0.15) is 18.0 Å². The lowest BCUT2D eigenvalue weighted by atomic mass is 10.0. The van der Waals surface area contributed by atoms with E-state index in [0.29, 0.717) is 43.9 Å². The zero-order chi connectivity index (χ0) is 19.8. The highest BCUT2D eigenvalue weighted by Crippen LogP contribution is 2.26. The average molecular weight is 387 g/mol. The highest BCUT2D eigenvalue weighted by atomic mass is 16.5.